The molecule has 0 spiro atoms. The summed E-state index contributed by atoms with van der Waals surface area (Å²) in [5.41, 5.74) is 0. The highest BCUT2D eigenvalue weighted by molar-refractivity contribution is 5.68. The van der Waals surface area contributed by atoms with Crippen LogP contribution in [-0.2, 0) is 14.3 Å². The lowest BCUT2D eigenvalue weighted by Crippen LogP contribution is -1.99. The molecule has 0 radical (unpaired) electrons. The monoisotopic (exact) mass is 218 g/mol. The molecule has 0 saturated carbocycles. The number of rotatable bonds is 5. The van der Waals surface area contributed by atoms with E-state index in [0.29, 0.717) is 6.42 Å². The van der Waals surface area contributed by atoms with Gasteiger partial charge in [-0.25, -0.2) is 0 Å². The topological polar surface area (TPSA) is 63.6 Å². The van der Waals surface area contributed by atoms with Crippen molar-refractivity contribution in [3.8, 4) is 0 Å². The highest BCUT2D eigenvalue weighted by atomic mass is 16.5. The minimum Gasteiger partial charge on any atom is -0.481 e. The van der Waals surface area contributed by atoms with E-state index < -0.39 is 5.97 Å². The van der Waals surface area contributed by atoms with Crippen LogP contribution >= 0.6 is 0 Å². The van der Waals surface area contributed by atoms with Crippen LogP contribution in [0.4, 0.5) is 0 Å². The molecule has 0 aromatic rings. The average Bonchev–Trinajstić information content (AvgIpc) is 2.12. The van der Waals surface area contributed by atoms with Crippen molar-refractivity contribution in [1.82, 2.24) is 0 Å². The molecule has 0 aliphatic carbocycles. The minimum atomic E-state index is -0.713. The van der Waals surface area contributed by atoms with Gasteiger partial charge in [0.1, 0.15) is 0 Å². The van der Waals surface area contributed by atoms with Crippen LogP contribution in [0.1, 0.15) is 46.5 Å². The Kier molecular flexibility index (Phi) is 12.0. The van der Waals surface area contributed by atoms with Gasteiger partial charge in [0.25, 0.3) is 0 Å². The van der Waals surface area contributed by atoms with Crippen molar-refractivity contribution >= 4 is 11.9 Å². The predicted molar refractivity (Wildman–Crippen MR) is 58.6 cm³/mol. The van der Waals surface area contributed by atoms with E-state index >= 15 is 0 Å². The Hall–Kier alpha value is -1.06. The molecule has 0 atom stereocenters. The summed E-state index contributed by atoms with van der Waals surface area (Å²) in [6.07, 6.45) is 2.83. The molecule has 15 heavy (non-hydrogen) atoms. The minimum absolute atomic E-state index is 0.105. The van der Waals surface area contributed by atoms with E-state index in [0.717, 1.165) is 12.8 Å². The van der Waals surface area contributed by atoms with E-state index in [2.05, 4.69) is 4.74 Å². The van der Waals surface area contributed by atoms with Crippen molar-refractivity contribution in [1.29, 1.82) is 0 Å². The Morgan fingerprint density at radius 1 is 1.33 bits per heavy atom. The van der Waals surface area contributed by atoms with Crippen LogP contribution in [0, 0.1) is 5.92 Å². The number of carbonyl (C=O) groups excluding carboxylic acids is 1. The molecule has 0 aromatic carbocycles. The summed E-state index contributed by atoms with van der Waals surface area (Å²) in [5, 5.41) is 8.08. The first-order chi connectivity index (χ1) is 6.93. The van der Waals surface area contributed by atoms with Crippen molar-refractivity contribution in [2.75, 3.05) is 7.11 Å². The lowest BCUT2D eigenvalue weighted by Gasteiger charge is -1.94. The second-order valence-corrected chi connectivity index (χ2v) is 3.67. The van der Waals surface area contributed by atoms with Gasteiger partial charge in [-0.3, -0.25) is 9.59 Å². The molecule has 0 aliphatic heterocycles. The number of methoxy groups -OCH3 is 1. The van der Waals surface area contributed by atoms with Gasteiger partial charge in [-0.2, -0.15) is 0 Å². The maximum atomic E-state index is 10.3. The van der Waals surface area contributed by atoms with Crippen LogP contribution in [0.3, 0.4) is 0 Å². The maximum absolute atomic E-state index is 10.3. The van der Waals surface area contributed by atoms with Crippen molar-refractivity contribution < 1.29 is 19.4 Å². The van der Waals surface area contributed by atoms with Crippen molar-refractivity contribution in [3.05, 3.63) is 0 Å². The van der Waals surface area contributed by atoms with Gasteiger partial charge in [-0.05, 0) is 12.3 Å². The van der Waals surface area contributed by atoms with E-state index in [4.69, 9.17) is 5.11 Å². The summed E-state index contributed by atoms with van der Waals surface area (Å²) in [6.45, 7) is 5.81. The van der Waals surface area contributed by atoms with Gasteiger partial charge in [0, 0.05) is 12.8 Å². The number of carbonyl (C=O) groups is 2. The van der Waals surface area contributed by atoms with E-state index in [1.807, 2.05) is 20.8 Å². The van der Waals surface area contributed by atoms with E-state index in [9.17, 15) is 9.59 Å². The number of carboxylic acids is 1. The predicted octanol–water partition coefficient (Wildman–Crippen LogP) is 2.47. The molecule has 0 unspecified atom stereocenters. The van der Waals surface area contributed by atoms with Gasteiger partial charge in [-0.15, -0.1) is 0 Å². The molecular weight excluding hydrogens is 196 g/mol. The first-order valence-corrected chi connectivity index (χ1v) is 5.22. The summed E-state index contributed by atoms with van der Waals surface area (Å²) >= 11 is 0. The fourth-order valence-corrected chi connectivity index (χ4v) is 0.772. The van der Waals surface area contributed by atoms with Crippen molar-refractivity contribution in [3.63, 3.8) is 0 Å². The summed E-state index contributed by atoms with van der Waals surface area (Å²) < 4.78 is 4.41. The lowest BCUT2D eigenvalue weighted by atomic mass is 10.1. The number of hydrogen-bond donors (Lipinski definition) is 1. The molecular formula is C11H22O4. The molecule has 0 rings (SSSR count). The second kappa shape index (κ2) is 11.0. The zero-order chi connectivity index (χ0) is 12.3. The quantitative estimate of drug-likeness (QED) is 0.720. The van der Waals surface area contributed by atoms with Crippen molar-refractivity contribution in [2.45, 2.75) is 46.5 Å². The molecule has 4 nitrogen and oxygen atoms in total. The SMILES string of the molecule is CC(C)CC(=O)O.CCCCC(=O)OC. The second-order valence-electron chi connectivity index (χ2n) is 3.67. The number of ether oxygens (including phenoxy) is 1. The highest BCUT2D eigenvalue weighted by Gasteiger charge is 1.98. The first kappa shape index (κ1) is 16.4. The normalized spacial score (nSPS) is 9.13. The fourth-order valence-electron chi connectivity index (χ4n) is 0.772. The molecule has 0 fully saturated rings. The molecule has 0 saturated heterocycles. The number of unbranched alkanes of at least 4 members (excludes halogenated alkanes) is 1. The number of aliphatic carboxylic acids is 1. The third-order valence-corrected chi connectivity index (χ3v) is 1.54. The Bertz CT molecular complexity index is 175. The Morgan fingerprint density at radius 2 is 1.87 bits per heavy atom. The maximum Gasteiger partial charge on any atom is 0.305 e. The van der Waals surface area contributed by atoms with E-state index in [-0.39, 0.29) is 18.3 Å². The van der Waals surface area contributed by atoms with Gasteiger partial charge in [0.2, 0.25) is 0 Å². The van der Waals surface area contributed by atoms with Crippen LogP contribution in [-0.4, -0.2) is 24.2 Å². The van der Waals surface area contributed by atoms with Crippen LogP contribution in [0.2, 0.25) is 0 Å². The average molecular weight is 218 g/mol. The molecule has 90 valence electrons. The smallest absolute Gasteiger partial charge is 0.305 e. The molecule has 1 N–H and O–H groups in total. The van der Waals surface area contributed by atoms with Gasteiger partial charge in [0.15, 0.2) is 0 Å². The summed E-state index contributed by atoms with van der Waals surface area (Å²) in [6, 6.07) is 0. The molecule has 0 aromatic heterocycles. The third-order valence-electron chi connectivity index (χ3n) is 1.54. The summed E-state index contributed by atoms with van der Waals surface area (Å²) in [5.74, 6) is -0.542. The molecule has 4 heteroatoms. The van der Waals surface area contributed by atoms with Crippen molar-refractivity contribution in [2.24, 2.45) is 5.92 Å². The lowest BCUT2D eigenvalue weighted by molar-refractivity contribution is -0.141. The zero-order valence-electron chi connectivity index (χ0n) is 10.1. The Balaban J connectivity index is 0. The molecule has 0 bridgehead atoms. The summed E-state index contributed by atoms with van der Waals surface area (Å²) in [7, 11) is 1.41. The van der Waals surface area contributed by atoms with E-state index in [1.54, 1.807) is 0 Å². The standard InChI is InChI=1S/C6H12O2.C5H10O2/c1-3-4-5-6(7)8-2;1-4(2)3-5(6)7/h3-5H2,1-2H3;4H,3H2,1-2H3,(H,6,7). The van der Waals surface area contributed by atoms with Crippen LogP contribution in [0.25, 0.3) is 0 Å². The number of esters is 1. The zero-order valence-corrected chi connectivity index (χ0v) is 10.1. The first-order valence-electron chi connectivity index (χ1n) is 5.22. The van der Waals surface area contributed by atoms with Crippen LogP contribution < -0.4 is 0 Å². The van der Waals surface area contributed by atoms with Gasteiger partial charge in [0.05, 0.1) is 7.11 Å². The van der Waals surface area contributed by atoms with E-state index in [1.165, 1.54) is 7.11 Å². The number of hydrogen-bond acceptors (Lipinski definition) is 3. The third kappa shape index (κ3) is 19.4. The fraction of sp³-hybridized carbons (Fsp3) is 0.818. The van der Waals surface area contributed by atoms with Gasteiger partial charge >= 0.3 is 11.9 Å². The van der Waals surface area contributed by atoms with Gasteiger partial charge < -0.3 is 9.84 Å². The number of carboxylic acid groups (broad SMARTS) is 1. The van der Waals surface area contributed by atoms with Gasteiger partial charge in [-0.1, -0.05) is 27.2 Å². The largest absolute Gasteiger partial charge is 0.481 e. The highest BCUT2D eigenvalue weighted by Crippen LogP contribution is 1.96. The molecule has 0 aliphatic rings. The summed E-state index contributed by atoms with van der Waals surface area (Å²) in [4.78, 5) is 20.2. The molecule has 0 amide bonds. The Morgan fingerprint density at radius 3 is 2.07 bits per heavy atom. The molecule has 0 heterocycles. The Labute approximate surface area is 91.6 Å². The van der Waals surface area contributed by atoms with Crippen LogP contribution in [0.15, 0.2) is 0 Å². The van der Waals surface area contributed by atoms with Crippen LogP contribution in [0.5, 0.6) is 0 Å².